The van der Waals surface area contributed by atoms with Gasteiger partial charge in [-0.2, -0.15) is 0 Å². The molecule has 0 aliphatic heterocycles. The van der Waals surface area contributed by atoms with Crippen molar-refractivity contribution in [2.45, 2.75) is 12.5 Å². The molecular weight excluding hydrogens is 206 g/mol. The highest BCUT2D eigenvalue weighted by Crippen LogP contribution is 2.14. The van der Waals surface area contributed by atoms with Crippen LogP contribution in [0.2, 0.25) is 6.04 Å². The van der Waals surface area contributed by atoms with Crippen molar-refractivity contribution in [3.05, 3.63) is 0 Å². The van der Waals surface area contributed by atoms with Gasteiger partial charge in [-0.05, 0) is 6.42 Å². The van der Waals surface area contributed by atoms with Gasteiger partial charge in [-0.3, -0.25) is 0 Å². The van der Waals surface area contributed by atoms with Crippen LogP contribution in [0.5, 0.6) is 0 Å². The molecule has 2 N–H and O–H groups in total. The molecule has 0 heterocycles. The quantitative estimate of drug-likeness (QED) is 0.486. The predicted octanol–water partition coefficient (Wildman–Crippen LogP) is 0.522. The highest BCUT2D eigenvalue weighted by atomic mass is 28.4. The van der Waals surface area contributed by atoms with E-state index in [0.29, 0.717) is 19.0 Å². The zero-order valence-electron chi connectivity index (χ0n) is 8.70. The molecule has 0 radical (unpaired) electrons. The molecule has 84 valence electrons. The molecule has 0 rings (SSSR count). The van der Waals surface area contributed by atoms with Gasteiger partial charge in [-0.1, -0.05) is 0 Å². The molecule has 0 aliphatic rings. The largest absolute Gasteiger partial charge is 0.500 e. The monoisotopic (exact) mass is 223 g/mol. The third kappa shape index (κ3) is 4.56. The van der Waals surface area contributed by atoms with E-state index in [1.807, 2.05) is 0 Å². The van der Waals surface area contributed by atoms with E-state index in [1.165, 1.54) is 21.3 Å². The number of hydrogen-bond acceptors (Lipinski definition) is 4. The minimum Gasteiger partial charge on any atom is -0.465 e. The molecule has 0 bridgehead atoms. The van der Waals surface area contributed by atoms with E-state index in [2.05, 4.69) is 5.32 Å². The van der Waals surface area contributed by atoms with Crippen LogP contribution in [-0.4, -0.2) is 47.9 Å². The van der Waals surface area contributed by atoms with E-state index in [1.54, 1.807) is 0 Å². The normalized spacial score (nSPS) is 11.4. The second-order valence-corrected chi connectivity index (χ2v) is 5.72. The molecule has 0 aromatic heterocycles. The van der Waals surface area contributed by atoms with Gasteiger partial charge in [0.15, 0.2) is 0 Å². The summed E-state index contributed by atoms with van der Waals surface area (Å²) in [6, 6.07) is 0.594. The van der Waals surface area contributed by atoms with Crippen molar-refractivity contribution >= 4 is 14.9 Å². The fraction of sp³-hybridized carbons (Fsp3) is 0.857. The number of carboxylic acid groups (broad SMARTS) is 1. The van der Waals surface area contributed by atoms with Crippen LogP contribution in [0.15, 0.2) is 0 Å². The lowest BCUT2D eigenvalue weighted by atomic mass is 10.5. The smallest absolute Gasteiger partial charge is 0.465 e. The summed E-state index contributed by atoms with van der Waals surface area (Å²) < 4.78 is 15.5. The Morgan fingerprint density at radius 2 is 1.79 bits per heavy atom. The zero-order valence-corrected chi connectivity index (χ0v) is 9.70. The molecule has 0 aromatic carbocycles. The van der Waals surface area contributed by atoms with Gasteiger partial charge in [0.2, 0.25) is 0 Å². The van der Waals surface area contributed by atoms with Gasteiger partial charge in [0, 0.05) is 33.9 Å². The van der Waals surface area contributed by atoms with Crippen molar-refractivity contribution in [2.75, 3.05) is 27.9 Å². The summed E-state index contributed by atoms with van der Waals surface area (Å²) in [5.74, 6) is 0. The lowest BCUT2D eigenvalue weighted by Gasteiger charge is -2.24. The molecular formula is C7H17NO5Si. The molecule has 0 unspecified atom stereocenters. The van der Waals surface area contributed by atoms with E-state index < -0.39 is 14.9 Å². The van der Waals surface area contributed by atoms with E-state index in [0.717, 1.165) is 0 Å². The van der Waals surface area contributed by atoms with Crippen molar-refractivity contribution in [3.8, 4) is 0 Å². The molecule has 0 aliphatic carbocycles. The minimum absolute atomic E-state index is 0.375. The maximum atomic E-state index is 10.1. The predicted molar refractivity (Wildman–Crippen MR) is 52.2 cm³/mol. The van der Waals surface area contributed by atoms with Crippen molar-refractivity contribution in [1.29, 1.82) is 0 Å². The number of hydrogen-bond donors (Lipinski definition) is 2. The topological polar surface area (TPSA) is 77.0 Å². The van der Waals surface area contributed by atoms with Crippen LogP contribution in [0.25, 0.3) is 0 Å². The molecule has 0 saturated carbocycles. The average molecular weight is 223 g/mol. The minimum atomic E-state index is -2.52. The first-order valence-electron chi connectivity index (χ1n) is 4.22. The Morgan fingerprint density at radius 3 is 2.14 bits per heavy atom. The third-order valence-corrected chi connectivity index (χ3v) is 4.70. The van der Waals surface area contributed by atoms with Crippen LogP contribution in [0.3, 0.4) is 0 Å². The first-order valence-corrected chi connectivity index (χ1v) is 6.15. The lowest BCUT2D eigenvalue weighted by molar-refractivity contribution is 0.123. The van der Waals surface area contributed by atoms with Crippen LogP contribution in [0, 0.1) is 0 Å². The maximum Gasteiger partial charge on any atom is 0.500 e. The van der Waals surface area contributed by atoms with E-state index in [4.69, 9.17) is 18.4 Å². The van der Waals surface area contributed by atoms with Crippen LogP contribution < -0.4 is 5.32 Å². The first-order chi connectivity index (χ1) is 6.60. The number of amides is 1. The third-order valence-electron chi connectivity index (χ3n) is 1.87. The fourth-order valence-electron chi connectivity index (χ4n) is 1.06. The number of nitrogens with one attached hydrogen (secondary N) is 1. The molecule has 6 nitrogen and oxygen atoms in total. The average Bonchev–Trinajstić information content (AvgIpc) is 2.19. The summed E-state index contributed by atoms with van der Waals surface area (Å²) in [5.41, 5.74) is 0. The van der Waals surface area contributed by atoms with Gasteiger partial charge in [0.05, 0.1) is 0 Å². The maximum absolute atomic E-state index is 10.1. The van der Waals surface area contributed by atoms with Gasteiger partial charge in [0.25, 0.3) is 0 Å². The summed E-state index contributed by atoms with van der Waals surface area (Å²) in [6.07, 6.45) is -0.391. The Hall–Kier alpha value is -0.633. The molecule has 7 heteroatoms. The van der Waals surface area contributed by atoms with Crippen molar-refractivity contribution in [3.63, 3.8) is 0 Å². The molecule has 14 heavy (non-hydrogen) atoms. The summed E-state index contributed by atoms with van der Waals surface area (Å²) in [4.78, 5) is 10.1. The molecule has 0 atom stereocenters. The van der Waals surface area contributed by atoms with Gasteiger partial charge in [-0.25, -0.2) is 4.79 Å². The zero-order chi connectivity index (χ0) is 11.0. The Morgan fingerprint density at radius 1 is 1.29 bits per heavy atom. The number of rotatable bonds is 7. The van der Waals surface area contributed by atoms with Gasteiger partial charge < -0.3 is 23.7 Å². The molecule has 0 spiro atoms. The van der Waals surface area contributed by atoms with Crippen LogP contribution in [0.4, 0.5) is 4.79 Å². The molecule has 0 saturated heterocycles. The summed E-state index contributed by atoms with van der Waals surface area (Å²) in [6.45, 7) is 0.375. The van der Waals surface area contributed by atoms with Gasteiger partial charge in [0.1, 0.15) is 0 Å². The highest BCUT2D eigenvalue weighted by Gasteiger charge is 2.36. The van der Waals surface area contributed by atoms with Crippen molar-refractivity contribution in [1.82, 2.24) is 5.32 Å². The first kappa shape index (κ1) is 13.4. The summed E-state index contributed by atoms with van der Waals surface area (Å²) in [5, 5.41) is 10.6. The highest BCUT2D eigenvalue weighted by molar-refractivity contribution is 6.60. The van der Waals surface area contributed by atoms with Gasteiger partial charge in [-0.15, -0.1) is 0 Å². The Kier molecular flexibility index (Phi) is 6.46. The van der Waals surface area contributed by atoms with Crippen LogP contribution >= 0.6 is 0 Å². The van der Waals surface area contributed by atoms with Crippen LogP contribution in [-0.2, 0) is 13.3 Å². The van der Waals surface area contributed by atoms with E-state index in [9.17, 15) is 4.79 Å². The van der Waals surface area contributed by atoms with Crippen LogP contribution in [0.1, 0.15) is 6.42 Å². The second-order valence-electron chi connectivity index (χ2n) is 2.63. The van der Waals surface area contributed by atoms with Crippen molar-refractivity contribution < 1.29 is 23.2 Å². The standard InChI is InChI=1S/C7H17NO5Si/c1-11-14(12-2,13-3)6-4-5-8-7(9)10/h8H,4-6H2,1-3H3,(H,9,10). The summed E-state index contributed by atoms with van der Waals surface area (Å²) in [7, 11) is 2.07. The fourth-order valence-corrected chi connectivity index (χ4v) is 2.78. The van der Waals surface area contributed by atoms with Crippen molar-refractivity contribution in [2.24, 2.45) is 0 Å². The Balaban J connectivity index is 3.77. The molecule has 1 amide bonds. The lowest BCUT2D eigenvalue weighted by Crippen LogP contribution is -2.43. The summed E-state index contributed by atoms with van der Waals surface area (Å²) >= 11 is 0. The Labute approximate surface area is 84.5 Å². The van der Waals surface area contributed by atoms with Gasteiger partial charge >= 0.3 is 14.9 Å². The van der Waals surface area contributed by atoms with E-state index >= 15 is 0 Å². The molecule has 0 aromatic rings. The van der Waals surface area contributed by atoms with E-state index in [-0.39, 0.29) is 0 Å². The molecule has 0 fully saturated rings. The second kappa shape index (κ2) is 6.77. The Bertz CT molecular complexity index is 165. The SMILES string of the molecule is CO[Si](CCCNC(=O)O)(OC)OC. The number of carbonyl (C=O) groups is 1.